The zero-order valence-corrected chi connectivity index (χ0v) is 13.2. The van der Waals surface area contributed by atoms with Crippen LogP contribution in [0.4, 0.5) is 0 Å². The highest BCUT2D eigenvalue weighted by molar-refractivity contribution is 7.89. The Balaban J connectivity index is 2.13. The Kier molecular flexibility index (Phi) is 5.48. The molecule has 0 spiro atoms. The van der Waals surface area contributed by atoms with E-state index in [9.17, 15) is 8.42 Å². The second-order valence-corrected chi connectivity index (χ2v) is 6.91. The molecule has 2 N–H and O–H groups in total. The van der Waals surface area contributed by atoms with Crippen molar-refractivity contribution < 1.29 is 18.3 Å². The molecule has 2 heterocycles. The summed E-state index contributed by atoms with van der Waals surface area (Å²) in [5, 5.41) is 14.7. The van der Waals surface area contributed by atoms with Crippen LogP contribution in [0.25, 0.3) is 10.6 Å². The SMILES string of the molecule is Cn1cc(S(=O)(=O)NCCOCCO)c(-c2cccs2)n1. The summed E-state index contributed by atoms with van der Waals surface area (Å²) in [6.45, 7) is 0.447. The van der Waals surface area contributed by atoms with E-state index in [2.05, 4.69) is 9.82 Å². The normalized spacial score (nSPS) is 11.9. The van der Waals surface area contributed by atoms with Gasteiger partial charge < -0.3 is 9.84 Å². The van der Waals surface area contributed by atoms with Crippen molar-refractivity contribution in [2.75, 3.05) is 26.4 Å². The molecule has 0 aliphatic heterocycles. The minimum atomic E-state index is -3.65. The lowest BCUT2D eigenvalue weighted by Gasteiger charge is -2.06. The number of hydrogen-bond acceptors (Lipinski definition) is 6. The van der Waals surface area contributed by atoms with Gasteiger partial charge in [-0.3, -0.25) is 4.68 Å². The Labute approximate surface area is 127 Å². The lowest BCUT2D eigenvalue weighted by Crippen LogP contribution is -2.28. The number of nitrogens with one attached hydrogen (secondary N) is 1. The van der Waals surface area contributed by atoms with Gasteiger partial charge in [0.1, 0.15) is 10.6 Å². The summed E-state index contributed by atoms with van der Waals surface area (Å²) in [4.78, 5) is 0.946. The fraction of sp³-hybridized carbons (Fsp3) is 0.417. The number of thiophene rings is 1. The van der Waals surface area contributed by atoms with Gasteiger partial charge in [0, 0.05) is 19.8 Å². The Hall–Kier alpha value is -1.26. The monoisotopic (exact) mass is 331 g/mol. The topological polar surface area (TPSA) is 93.5 Å². The molecule has 0 unspecified atom stereocenters. The van der Waals surface area contributed by atoms with Crippen LogP contribution in [-0.2, 0) is 21.8 Å². The summed E-state index contributed by atoms with van der Waals surface area (Å²) in [5.74, 6) is 0. The minimum Gasteiger partial charge on any atom is -0.394 e. The number of aryl methyl sites for hydroxylation is 1. The zero-order chi connectivity index (χ0) is 15.3. The highest BCUT2D eigenvalue weighted by Gasteiger charge is 2.23. The smallest absolute Gasteiger partial charge is 0.244 e. The predicted octanol–water partition coefficient (Wildman–Crippen LogP) is 0.436. The molecule has 0 bridgehead atoms. The first-order valence-electron chi connectivity index (χ1n) is 6.30. The molecule has 2 rings (SSSR count). The van der Waals surface area contributed by atoms with Crippen LogP contribution in [0.3, 0.4) is 0 Å². The number of rotatable bonds is 8. The number of aliphatic hydroxyl groups is 1. The number of aliphatic hydroxyl groups excluding tert-OH is 1. The maximum absolute atomic E-state index is 12.3. The van der Waals surface area contributed by atoms with Gasteiger partial charge in [0.05, 0.1) is 24.7 Å². The molecule has 9 heteroatoms. The number of sulfonamides is 1. The number of hydrogen-bond donors (Lipinski definition) is 2. The van der Waals surface area contributed by atoms with Gasteiger partial charge in [0.15, 0.2) is 0 Å². The summed E-state index contributed by atoms with van der Waals surface area (Å²) >= 11 is 1.43. The first-order valence-corrected chi connectivity index (χ1v) is 8.66. The maximum Gasteiger partial charge on any atom is 0.244 e. The van der Waals surface area contributed by atoms with Crippen molar-refractivity contribution in [2.45, 2.75) is 4.90 Å². The van der Waals surface area contributed by atoms with Gasteiger partial charge >= 0.3 is 0 Å². The second-order valence-electron chi connectivity index (χ2n) is 4.23. The number of ether oxygens (including phenoxy) is 1. The zero-order valence-electron chi connectivity index (χ0n) is 11.5. The van der Waals surface area contributed by atoms with Crippen LogP contribution in [0.5, 0.6) is 0 Å². The standard InChI is InChI=1S/C12H17N3O4S2/c1-15-9-11(12(14-15)10-3-2-8-20-10)21(17,18)13-4-6-19-7-5-16/h2-3,8-9,13,16H,4-7H2,1H3. The van der Waals surface area contributed by atoms with Gasteiger partial charge in [-0.1, -0.05) is 6.07 Å². The third-order valence-electron chi connectivity index (χ3n) is 2.61. The molecule has 0 aromatic carbocycles. The first-order chi connectivity index (χ1) is 10.0. The molecule has 0 fully saturated rings. The van der Waals surface area contributed by atoms with Gasteiger partial charge in [-0.2, -0.15) is 5.10 Å². The van der Waals surface area contributed by atoms with Crippen LogP contribution in [0.1, 0.15) is 0 Å². The Morgan fingerprint density at radius 1 is 1.48 bits per heavy atom. The fourth-order valence-corrected chi connectivity index (χ4v) is 3.73. The summed E-state index contributed by atoms with van der Waals surface area (Å²) in [5.41, 5.74) is 0.441. The van der Waals surface area contributed by atoms with Gasteiger partial charge in [0.2, 0.25) is 10.0 Å². The van der Waals surface area contributed by atoms with E-state index in [0.29, 0.717) is 5.69 Å². The summed E-state index contributed by atoms with van der Waals surface area (Å²) in [7, 11) is -1.97. The predicted molar refractivity (Wildman–Crippen MR) is 79.6 cm³/mol. The van der Waals surface area contributed by atoms with Crippen LogP contribution in [0.2, 0.25) is 0 Å². The molecule has 0 aliphatic rings. The molecule has 7 nitrogen and oxygen atoms in total. The van der Waals surface area contributed by atoms with Crippen LogP contribution < -0.4 is 4.72 Å². The van der Waals surface area contributed by atoms with Gasteiger partial charge in [-0.25, -0.2) is 13.1 Å². The van der Waals surface area contributed by atoms with Crippen molar-refractivity contribution in [3.05, 3.63) is 23.7 Å². The summed E-state index contributed by atoms with van der Waals surface area (Å²) in [6, 6.07) is 3.68. The van der Waals surface area contributed by atoms with E-state index in [0.717, 1.165) is 4.88 Å². The van der Waals surface area contributed by atoms with E-state index in [1.807, 2.05) is 17.5 Å². The highest BCUT2D eigenvalue weighted by atomic mass is 32.2. The Morgan fingerprint density at radius 2 is 2.29 bits per heavy atom. The molecule has 21 heavy (non-hydrogen) atoms. The van der Waals surface area contributed by atoms with E-state index < -0.39 is 10.0 Å². The van der Waals surface area contributed by atoms with E-state index in [4.69, 9.17) is 9.84 Å². The molecule has 0 atom stereocenters. The molecule has 2 aromatic rings. The van der Waals surface area contributed by atoms with E-state index in [1.165, 1.54) is 22.2 Å². The van der Waals surface area contributed by atoms with Gasteiger partial charge in [-0.15, -0.1) is 11.3 Å². The molecule has 0 radical (unpaired) electrons. The van der Waals surface area contributed by atoms with Crippen molar-refractivity contribution >= 4 is 21.4 Å². The first kappa shape index (κ1) is 16.1. The second kappa shape index (κ2) is 7.14. The summed E-state index contributed by atoms with van der Waals surface area (Å²) < 4.78 is 33.6. The largest absolute Gasteiger partial charge is 0.394 e. The average Bonchev–Trinajstić information content (AvgIpc) is 3.07. The molecule has 0 aliphatic carbocycles. The van der Waals surface area contributed by atoms with Gasteiger partial charge in [-0.05, 0) is 11.4 Å². The lowest BCUT2D eigenvalue weighted by molar-refractivity contribution is 0.0961. The van der Waals surface area contributed by atoms with Gasteiger partial charge in [0.25, 0.3) is 0 Å². The molecule has 116 valence electrons. The van der Waals surface area contributed by atoms with Crippen molar-refractivity contribution in [3.63, 3.8) is 0 Å². The molecule has 0 saturated carbocycles. The highest BCUT2D eigenvalue weighted by Crippen LogP contribution is 2.29. The maximum atomic E-state index is 12.3. The van der Waals surface area contributed by atoms with E-state index in [1.54, 1.807) is 7.05 Å². The third-order valence-corrected chi connectivity index (χ3v) is 4.95. The van der Waals surface area contributed by atoms with E-state index >= 15 is 0 Å². The summed E-state index contributed by atoms with van der Waals surface area (Å²) in [6.07, 6.45) is 1.48. The van der Waals surface area contributed by atoms with Crippen molar-refractivity contribution in [1.82, 2.24) is 14.5 Å². The van der Waals surface area contributed by atoms with Crippen molar-refractivity contribution in [3.8, 4) is 10.6 Å². The molecule has 2 aromatic heterocycles. The molecular formula is C12H17N3O4S2. The molecule has 0 saturated heterocycles. The molecular weight excluding hydrogens is 314 g/mol. The Bertz CT molecular complexity index is 665. The van der Waals surface area contributed by atoms with Crippen molar-refractivity contribution in [2.24, 2.45) is 7.05 Å². The molecule has 0 amide bonds. The quantitative estimate of drug-likeness (QED) is 0.685. The van der Waals surface area contributed by atoms with Crippen molar-refractivity contribution in [1.29, 1.82) is 0 Å². The fourth-order valence-electron chi connectivity index (χ4n) is 1.74. The van der Waals surface area contributed by atoms with Crippen LogP contribution in [-0.4, -0.2) is 49.7 Å². The van der Waals surface area contributed by atoms with Crippen LogP contribution >= 0.6 is 11.3 Å². The number of nitrogens with zero attached hydrogens (tertiary/aromatic N) is 2. The average molecular weight is 331 g/mol. The van der Waals surface area contributed by atoms with E-state index in [-0.39, 0.29) is 31.3 Å². The number of aromatic nitrogens is 2. The van der Waals surface area contributed by atoms with Crippen LogP contribution in [0.15, 0.2) is 28.6 Å². The minimum absolute atomic E-state index is 0.0854. The lowest BCUT2D eigenvalue weighted by atomic mass is 10.3. The Morgan fingerprint density at radius 3 is 2.95 bits per heavy atom. The van der Waals surface area contributed by atoms with Crippen LogP contribution in [0, 0.1) is 0 Å². The third kappa shape index (κ3) is 4.11.